The Morgan fingerprint density at radius 3 is 2.51 bits per heavy atom. The Kier molecular flexibility index (Phi) is 8.08. The van der Waals surface area contributed by atoms with Gasteiger partial charge in [0.2, 0.25) is 0 Å². The molecular formula is C26H24FN5O2S. The van der Waals surface area contributed by atoms with Gasteiger partial charge in [0.05, 0.1) is 24.7 Å². The molecule has 0 N–H and O–H groups in total. The molecule has 1 aliphatic heterocycles. The van der Waals surface area contributed by atoms with Gasteiger partial charge in [-0.05, 0) is 29.8 Å². The fraction of sp³-hybridized carbons (Fsp3) is 0.231. The lowest BCUT2D eigenvalue weighted by molar-refractivity contribution is -0.112. The van der Waals surface area contributed by atoms with Gasteiger partial charge in [0, 0.05) is 25.2 Å². The minimum absolute atomic E-state index is 0.00198. The van der Waals surface area contributed by atoms with Crippen LogP contribution in [0.4, 0.5) is 4.39 Å². The lowest BCUT2D eigenvalue weighted by atomic mass is 10.0. The number of ether oxygens (including phenoxy) is 1. The molecule has 35 heavy (non-hydrogen) atoms. The number of halogens is 1. The zero-order chi connectivity index (χ0) is 24.6. The van der Waals surface area contributed by atoms with Gasteiger partial charge >= 0.3 is 0 Å². The normalized spacial score (nSPS) is 14.2. The maximum Gasteiger partial charge on any atom is 0.192 e. The fourth-order valence-corrected chi connectivity index (χ4v) is 4.64. The first-order valence-corrected chi connectivity index (χ1v) is 12.1. The average Bonchev–Trinajstić information content (AvgIpc) is 3.30. The van der Waals surface area contributed by atoms with E-state index in [0.717, 1.165) is 5.56 Å². The largest absolute Gasteiger partial charge is 0.378 e. The van der Waals surface area contributed by atoms with Crippen molar-refractivity contribution >= 4 is 23.2 Å². The first kappa shape index (κ1) is 24.4. The van der Waals surface area contributed by atoms with E-state index in [9.17, 15) is 14.4 Å². The second-order valence-electron chi connectivity index (χ2n) is 7.73. The molecule has 1 aromatic heterocycles. The van der Waals surface area contributed by atoms with Crippen LogP contribution in [0.15, 0.2) is 78.0 Å². The third-order valence-corrected chi connectivity index (χ3v) is 6.43. The second-order valence-corrected chi connectivity index (χ2v) is 8.67. The highest BCUT2D eigenvalue weighted by atomic mass is 32.2. The zero-order valence-electron chi connectivity index (χ0n) is 19.1. The summed E-state index contributed by atoms with van der Waals surface area (Å²) in [5.41, 5.74) is 2.05. The van der Waals surface area contributed by atoms with Gasteiger partial charge in [0.25, 0.3) is 0 Å². The number of allylic oxidation sites excluding steroid dienone is 2. The van der Waals surface area contributed by atoms with Gasteiger partial charge in [-0.2, -0.15) is 5.26 Å². The van der Waals surface area contributed by atoms with Crippen molar-refractivity contribution in [2.24, 2.45) is 0 Å². The van der Waals surface area contributed by atoms with E-state index in [1.165, 1.54) is 23.9 Å². The number of morpholine rings is 1. The predicted octanol–water partition coefficient (Wildman–Crippen LogP) is 4.20. The van der Waals surface area contributed by atoms with Crippen molar-refractivity contribution in [1.29, 1.82) is 5.26 Å². The summed E-state index contributed by atoms with van der Waals surface area (Å²) in [4.78, 5) is 15.3. The first-order valence-electron chi connectivity index (χ1n) is 11.1. The maximum absolute atomic E-state index is 13.6. The number of aromatic nitrogens is 3. The zero-order valence-corrected chi connectivity index (χ0v) is 19.9. The third kappa shape index (κ3) is 5.67. The summed E-state index contributed by atoms with van der Waals surface area (Å²) < 4.78 is 20.9. The van der Waals surface area contributed by atoms with Crippen LogP contribution < -0.4 is 0 Å². The number of hydrogen-bond acceptors (Lipinski definition) is 7. The molecule has 2 aromatic carbocycles. The molecule has 0 unspecified atom stereocenters. The first-order chi connectivity index (χ1) is 17.1. The van der Waals surface area contributed by atoms with Gasteiger partial charge in [-0.25, -0.2) is 4.39 Å². The van der Waals surface area contributed by atoms with E-state index in [2.05, 4.69) is 22.8 Å². The molecule has 3 aromatic rings. The third-order valence-electron chi connectivity index (χ3n) is 5.47. The Hall–Kier alpha value is -3.74. The van der Waals surface area contributed by atoms with Crippen LogP contribution in [0.25, 0.3) is 17.1 Å². The summed E-state index contributed by atoms with van der Waals surface area (Å²) in [5, 5.41) is 19.1. The maximum atomic E-state index is 13.6. The number of thioether (sulfide) groups is 1. The number of nitrogens with zero attached hydrogens (tertiary/aromatic N) is 5. The van der Waals surface area contributed by atoms with E-state index < -0.39 is 0 Å². The highest BCUT2D eigenvalue weighted by molar-refractivity contribution is 7.99. The lowest BCUT2D eigenvalue weighted by Crippen LogP contribution is -2.36. The number of nitriles is 1. The van der Waals surface area contributed by atoms with Crippen LogP contribution in [0, 0.1) is 17.1 Å². The molecule has 1 saturated heterocycles. The van der Waals surface area contributed by atoms with Crippen molar-refractivity contribution in [3.63, 3.8) is 0 Å². The monoisotopic (exact) mass is 489 g/mol. The van der Waals surface area contributed by atoms with Gasteiger partial charge in [0.15, 0.2) is 16.8 Å². The average molecular weight is 490 g/mol. The fourth-order valence-electron chi connectivity index (χ4n) is 3.82. The van der Waals surface area contributed by atoms with Crippen LogP contribution in [-0.2, 0) is 16.1 Å². The van der Waals surface area contributed by atoms with E-state index in [0.29, 0.717) is 55.1 Å². The summed E-state index contributed by atoms with van der Waals surface area (Å²) in [6.07, 6.45) is 1.74. The van der Waals surface area contributed by atoms with Crippen LogP contribution in [0.2, 0.25) is 0 Å². The summed E-state index contributed by atoms with van der Waals surface area (Å²) in [7, 11) is 0. The van der Waals surface area contributed by atoms with Crippen LogP contribution in [0.5, 0.6) is 0 Å². The Bertz CT molecular complexity index is 1260. The topological polar surface area (TPSA) is 84.0 Å². The Labute approximate surface area is 207 Å². The second kappa shape index (κ2) is 11.6. The molecule has 0 atom stereocenters. The minimum Gasteiger partial charge on any atom is -0.378 e. The summed E-state index contributed by atoms with van der Waals surface area (Å²) in [5.74, 6) is -0.0390. The Balaban J connectivity index is 1.63. The number of rotatable bonds is 9. The van der Waals surface area contributed by atoms with Gasteiger partial charge < -0.3 is 9.64 Å². The SMILES string of the molecule is C=CCn1c(SCC(=O)C(C#N)=C(c2ccc(F)cc2)N2CCOCC2)nnc1-c1ccccc1. The summed E-state index contributed by atoms with van der Waals surface area (Å²) in [6.45, 7) is 6.33. The quantitative estimate of drug-likeness (QED) is 0.193. The Morgan fingerprint density at radius 1 is 1.14 bits per heavy atom. The number of ketones is 1. The summed E-state index contributed by atoms with van der Waals surface area (Å²) >= 11 is 1.22. The molecule has 178 valence electrons. The Morgan fingerprint density at radius 2 is 1.86 bits per heavy atom. The molecular weight excluding hydrogens is 465 g/mol. The number of hydrogen-bond donors (Lipinski definition) is 0. The van der Waals surface area contributed by atoms with E-state index in [-0.39, 0.29) is 22.9 Å². The van der Waals surface area contributed by atoms with Crippen molar-refractivity contribution in [2.75, 3.05) is 32.1 Å². The van der Waals surface area contributed by atoms with Crippen LogP contribution >= 0.6 is 11.8 Å². The molecule has 1 aliphatic rings. The van der Waals surface area contributed by atoms with E-state index in [1.807, 2.05) is 39.8 Å². The predicted molar refractivity (Wildman–Crippen MR) is 133 cm³/mol. The van der Waals surface area contributed by atoms with Crippen LogP contribution in [0.1, 0.15) is 5.56 Å². The molecule has 0 amide bonds. The molecule has 1 fully saturated rings. The number of carbonyl (C=O) groups excluding carboxylic acids is 1. The van der Waals surface area contributed by atoms with Crippen LogP contribution in [-0.4, -0.2) is 57.5 Å². The van der Waals surface area contributed by atoms with Gasteiger partial charge in [-0.1, -0.05) is 48.2 Å². The van der Waals surface area contributed by atoms with Gasteiger partial charge in [-0.15, -0.1) is 16.8 Å². The number of carbonyl (C=O) groups is 1. The van der Waals surface area contributed by atoms with E-state index in [4.69, 9.17) is 4.74 Å². The molecule has 0 aliphatic carbocycles. The molecule has 0 bridgehead atoms. The highest BCUT2D eigenvalue weighted by Crippen LogP contribution is 2.28. The van der Waals surface area contributed by atoms with Crippen molar-refractivity contribution in [3.8, 4) is 17.5 Å². The molecule has 9 heteroatoms. The molecule has 0 spiro atoms. The number of benzene rings is 2. The van der Waals surface area contributed by atoms with Gasteiger partial charge in [0.1, 0.15) is 17.5 Å². The lowest BCUT2D eigenvalue weighted by Gasteiger charge is -2.32. The molecule has 0 saturated carbocycles. The van der Waals surface area contributed by atoms with Crippen molar-refractivity contribution in [1.82, 2.24) is 19.7 Å². The minimum atomic E-state index is -0.383. The van der Waals surface area contributed by atoms with Crippen molar-refractivity contribution in [2.45, 2.75) is 11.7 Å². The van der Waals surface area contributed by atoms with Crippen LogP contribution in [0.3, 0.4) is 0 Å². The molecule has 4 rings (SSSR count). The van der Waals surface area contributed by atoms with Crippen molar-refractivity contribution in [3.05, 3.63) is 84.2 Å². The highest BCUT2D eigenvalue weighted by Gasteiger charge is 2.25. The standard InChI is InChI=1S/C26H24FN5O2S/c1-2-12-32-25(20-6-4-3-5-7-20)29-30-26(32)35-18-23(33)22(17-28)24(31-13-15-34-16-14-31)19-8-10-21(27)11-9-19/h2-11H,1,12-16,18H2. The molecule has 7 nitrogen and oxygen atoms in total. The smallest absolute Gasteiger partial charge is 0.192 e. The molecule has 0 radical (unpaired) electrons. The van der Waals surface area contributed by atoms with E-state index in [1.54, 1.807) is 18.2 Å². The number of Topliss-reactive ketones (excluding diaryl/α,β-unsaturated/α-hetero) is 1. The van der Waals surface area contributed by atoms with Crippen molar-refractivity contribution < 1.29 is 13.9 Å². The molecule has 2 heterocycles. The summed E-state index contributed by atoms with van der Waals surface area (Å²) in [6, 6.07) is 17.6. The van der Waals surface area contributed by atoms with Gasteiger partial charge in [-0.3, -0.25) is 9.36 Å². The van der Waals surface area contributed by atoms with E-state index >= 15 is 0 Å².